The highest BCUT2D eigenvalue weighted by atomic mass is 79.9. The van der Waals surface area contributed by atoms with E-state index in [-0.39, 0.29) is 19.1 Å². The Hall–Kier alpha value is -1.77. The van der Waals surface area contributed by atoms with E-state index in [1.807, 2.05) is 43.5 Å². The summed E-state index contributed by atoms with van der Waals surface area (Å²) in [7, 11) is 0. The van der Waals surface area contributed by atoms with Crippen LogP contribution in [0.25, 0.3) is 5.57 Å². The van der Waals surface area contributed by atoms with E-state index >= 15 is 0 Å². The van der Waals surface area contributed by atoms with E-state index in [1.54, 1.807) is 18.7 Å². The van der Waals surface area contributed by atoms with Crippen LogP contribution in [0.5, 0.6) is 5.75 Å². The van der Waals surface area contributed by atoms with Gasteiger partial charge in [0.05, 0.1) is 15.9 Å². The summed E-state index contributed by atoms with van der Waals surface area (Å²) in [5.74, 6) is 0.208. The topological polar surface area (TPSA) is 79.5 Å². The zero-order chi connectivity index (χ0) is 26.7. The average molecular weight is 644 g/mol. The van der Waals surface area contributed by atoms with E-state index in [4.69, 9.17) is 10.7 Å². The Balaban J connectivity index is 0.00000140. The number of phenols is 1. The Bertz CT molecular complexity index is 1050. The highest BCUT2D eigenvalue weighted by molar-refractivity contribution is 9.10. The number of nitrogen functional groups attached to an aromatic ring is 1. The third-order valence-corrected chi connectivity index (χ3v) is 6.91. The van der Waals surface area contributed by atoms with Crippen molar-refractivity contribution >= 4 is 60.8 Å². The molecule has 0 bridgehead atoms. The second-order valence-corrected chi connectivity index (χ2v) is 10.2. The molecule has 3 N–H and O–H groups in total. The molecule has 1 aliphatic heterocycles. The monoisotopic (exact) mass is 641 g/mol. The summed E-state index contributed by atoms with van der Waals surface area (Å²) in [6, 6.07) is 3.99. The number of nitrogens with two attached hydrogens (primary N) is 1. The van der Waals surface area contributed by atoms with Crippen molar-refractivity contribution in [2.24, 2.45) is 0 Å². The molecule has 1 aromatic heterocycles. The Morgan fingerprint density at radius 2 is 1.67 bits per heavy atom. The van der Waals surface area contributed by atoms with Crippen LogP contribution in [0.15, 0.2) is 46.0 Å². The van der Waals surface area contributed by atoms with Gasteiger partial charge in [0, 0.05) is 36.3 Å². The number of carbonyl (C=O) groups excluding carboxylic acids is 1. The lowest BCUT2D eigenvalue weighted by molar-refractivity contribution is -0.129. The molecule has 0 saturated carbocycles. The number of aryl methyl sites for hydroxylation is 1. The fraction of sp³-hybridized carbons (Fsp3) is 0.429. The summed E-state index contributed by atoms with van der Waals surface area (Å²) >= 11 is 8.84. The Kier molecular flexibility index (Phi) is 16.0. The summed E-state index contributed by atoms with van der Waals surface area (Å²) in [6.07, 6.45) is 9.14. The van der Waals surface area contributed by atoms with E-state index in [0.717, 1.165) is 52.5 Å². The van der Waals surface area contributed by atoms with Gasteiger partial charge in [-0.15, -0.1) is 13.2 Å². The highest BCUT2D eigenvalue weighted by Crippen LogP contribution is 2.45. The van der Waals surface area contributed by atoms with Crippen molar-refractivity contribution in [3.63, 3.8) is 0 Å². The summed E-state index contributed by atoms with van der Waals surface area (Å²) in [5, 5.41) is 10.4. The molecule has 1 aliphatic carbocycles. The van der Waals surface area contributed by atoms with Crippen molar-refractivity contribution in [2.75, 3.05) is 31.3 Å². The first-order valence-corrected chi connectivity index (χ1v) is 14.8. The molecule has 4 rings (SSSR count). The van der Waals surface area contributed by atoms with E-state index in [2.05, 4.69) is 51.1 Å². The molecule has 36 heavy (non-hydrogen) atoms. The maximum absolute atomic E-state index is 11.7. The van der Waals surface area contributed by atoms with Crippen LogP contribution in [-0.2, 0) is 17.6 Å². The molecule has 5 nitrogen and oxygen atoms in total. The van der Waals surface area contributed by atoms with Gasteiger partial charge >= 0.3 is 0 Å². The highest BCUT2D eigenvalue weighted by Gasteiger charge is 2.28. The second-order valence-electron chi connectivity index (χ2n) is 7.71. The largest absolute Gasteiger partial charge is 0.505 e. The molecule has 2 aliphatic rings. The van der Waals surface area contributed by atoms with Crippen LogP contribution >= 0.6 is 43.6 Å². The van der Waals surface area contributed by atoms with Gasteiger partial charge in [0.1, 0.15) is 0 Å². The standard InChI is InChI=1S/C21H21Br2N3O2.C2H6S.C2H6.C2H4.CH4/c1-11(27)26-6-4-12(5-7-26)18-16-9-17(24)21(28)19(23)15(16)3-2-13-8-14(22)10-25-20(13)18;1-3-2;2*1-2;/h8-10,28H,2-7,24H2,1H3;1-2H3;1-2H3;1-2H2;1H4. The predicted molar refractivity (Wildman–Crippen MR) is 166 cm³/mol. The number of hydrogen-bond acceptors (Lipinski definition) is 5. The number of hydrogen-bond donors (Lipinski definition) is 2. The number of nitrogens with zero attached hydrogens (tertiary/aromatic N) is 2. The number of halogens is 2. The molecule has 2 heterocycles. The van der Waals surface area contributed by atoms with Gasteiger partial charge in [-0.2, -0.15) is 11.8 Å². The number of piperidine rings is 1. The van der Waals surface area contributed by atoms with Gasteiger partial charge in [0.25, 0.3) is 0 Å². The van der Waals surface area contributed by atoms with E-state index in [1.165, 1.54) is 11.1 Å². The molecule has 200 valence electrons. The lowest BCUT2D eigenvalue weighted by atomic mass is 9.88. The minimum atomic E-state index is 0. The molecule has 1 aromatic carbocycles. The van der Waals surface area contributed by atoms with Gasteiger partial charge in [-0.1, -0.05) is 26.8 Å². The average Bonchev–Trinajstić information content (AvgIpc) is 3.02. The fourth-order valence-corrected chi connectivity index (χ4v) is 5.17. The molecule has 1 saturated heterocycles. The third kappa shape index (κ3) is 8.12. The SMILES string of the molecule is C.C=C.CC.CC(=O)N1CCC(=C2c3cc(N)c(O)c(Br)c3CCc3cc(Br)cnc32)CC1.CSC. The zero-order valence-electron chi connectivity index (χ0n) is 21.4. The molecular formula is C28H41Br2N3O2S. The normalized spacial score (nSPS) is 13.6. The molecule has 8 heteroatoms. The van der Waals surface area contributed by atoms with Crippen molar-refractivity contribution in [1.82, 2.24) is 9.88 Å². The molecule has 2 aromatic rings. The number of anilines is 1. The van der Waals surface area contributed by atoms with E-state index < -0.39 is 0 Å². The Morgan fingerprint density at radius 3 is 2.19 bits per heavy atom. The maximum Gasteiger partial charge on any atom is 0.219 e. The minimum absolute atomic E-state index is 0. The first kappa shape index (κ1) is 34.2. The van der Waals surface area contributed by atoms with Gasteiger partial charge in [0.15, 0.2) is 5.75 Å². The van der Waals surface area contributed by atoms with Crippen molar-refractivity contribution in [2.45, 2.75) is 53.9 Å². The van der Waals surface area contributed by atoms with Crippen molar-refractivity contribution in [1.29, 1.82) is 0 Å². The number of phenolic OH excluding ortho intramolecular Hbond substituents is 1. The van der Waals surface area contributed by atoms with Crippen LogP contribution in [0.2, 0.25) is 0 Å². The number of rotatable bonds is 0. The number of thioether (sulfide) groups is 1. The van der Waals surface area contributed by atoms with Crippen LogP contribution in [0, 0.1) is 0 Å². The Labute approximate surface area is 238 Å². The fourth-order valence-electron chi connectivity index (χ4n) is 4.15. The number of aromatic nitrogens is 1. The maximum atomic E-state index is 11.7. The number of aromatic hydroxyl groups is 1. The minimum Gasteiger partial charge on any atom is -0.505 e. The van der Waals surface area contributed by atoms with E-state index in [0.29, 0.717) is 23.2 Å². The zero-order valence-corrected chi connectivity index (χ0v) is 25.4. The second kappa shape index (κ2) is 16.9. The van der Waals surface area contributed by atoms with Gasteiger partial charge in [-0.25, -0.2) is 0 Å². The quantitative estimate of drug-likeness (QED) is 0.174. The van der Waals surface area contributed by atoms with Gasteiger partial charge in [0.2, 0.25) is 5.91 Å². The van der Waals surface area contributed by atoms with Crippen molar-refractivity contribution in [3.8, 4) is 5.75 Å². The van der Waals surface area contributed by atoms with Crippen LogP contribution in [-0.4, -0.2) is 46.5 Å². The smallest absolute Gasteiger partial charge is 0.219 e. The third-order valence-electron chi connectivity index (χ3n) is 5.62. The van der Waals surface area contributed by atoms with Crippen LogP contribution < -0.4 is 5.73 Å². The number of pyridine rings is 1. The van der Waals surface area contributed by atoms with Gasteiger partial charge in [-0.05, 0) is 98.9 Å². The van der Waals surface area contributed by atoms with Crippen LogP contribution in [0.3, 0.4) is 0 Å². The van der Waals surface area contributed by atoms with Crippen molar-refractivity contribution < 1.29 is 9.90 Å². The Morgan fingerprint density at radius 1 is 1.11 bits per heavy atom. The first-order chi connectivity index (χ1) is 16.8. The molecule has 0 unspecified atom stereocenters. The van der Waals surface area contributed by atoms with Crippen LogP contribution in [0.1, 0.15) is 63.4 Å². The number of fused-ring (bicyclic) bond motifs is 2. The van der Waals surface area contributed by atoms with Gasteiger partial charge in [-0.3, -0.25) is 9.78 Å². The molecule has 0 atom stereocenters. The summed E-state index contributed by atoms with van der Waals surface area (Å²) in [5.41, 5.74) is 13.1. The van der Waals surface area contributed by atoms with Gasteiger partial charge < -0.3 is 15.7 Å². The molecule has 0 radical (unpaired) electrons. The van der Waals surface area contributed by atoms with E-state index in [9.17, 15) is 9.90 Å². The molecule has 0 spiro atoms. The summed E-state index contributed by atoms with van der Waals surface area (Å²) < 4.78 is 1.61. The summed E-state index contributed by atoms with van der Waals surface area (Å²) in [4.78, 5) is 18.4. The first-order valence-electron chi connectivity index (χ1n) is 11.6. The molecule has 1 fully saturated rings. The molecular weight excluding hydrogens is 602 g/mol. The number of benzene rings is 1. The lowest BCUT2D eigenvalue weighted by Gasteiger charge is -2.29. The van der Waals surface area contributed by atoms with Crippen LogP contribution in [0.4, 0.5) is 5.69 Å². The number of likely N-dealkylation sites (tertiary alicyclic amines) is 1. The van der Waals surface area contributed by atoms with Crippen molar-refractivity contribution in [3.05, 3.63) is 68.4 Å². The number of carbonyl (C=O) groups is 1. The lowest BCUT2D eigenvalue weighted by Crippen LogP contribution is -2.34. The molecule has 1 amide bonds. The predicted octanol–water partition coefficient (Wildman–Crippen LogP) is 7.88. The number of amides is 1. The summed E-state index contributed by atoms with van der Waals surface area (Å²) in [6.45, 7) is 13.0.